The molecule has 0 radical (unpaired) electrons. The van der Waals surface area contributed by atoms with Crippen LogP contribution in [0.5, 0.6) is 0 Å². The van der Waals surface area contributed by atoms with Crippen LogP contribution >= 0.6 is 0 Å². The van der Waals surface area contributed by atoms with Crippen molar-refractivity contribution < 1.29 is 9.53 Å². The number of carbonyl (C=O) groups excluding carboxylic acids is 1. The van der Waals surface area contributed by atoms with Gasteiger partial charge >= 0.3 is 6.09 Å². The van der Waals surface area contributed by atoms with Gasteiger partial charge in [0.15, 0.2) is 0 Å². The highest BCUT2D eigenvalue weighted by Gasteiger charge is 2.14. The molecule has 0 atom stereocenters. The number of methoxy groups -OCH3 is 1. The van der Waals surface area contributed by atoms with E-state index in [1.165, 1.54) is 12.0 Å². The molecular weight excluding hydrogens is 170 g/mol. The number of ether oxygens (including phenoxy) is 1. The predicted octanol–water partition coefficient (Wildman–Crippen LogP) is 0.538. The highest BCUT2D eigenvalue weighted by molar-refractivity contribution is 5.69. The minimum absolute atomic E-state index is 0.407. The topological polar surface area (TPSA) is 53.6 Å². The molecule has 2 N–H and O–H groups in total. The van der Waals surface area contributed by atoms with Gasteiger partial charge in [-0.25, -0.2) is 4.79 Å². The van der Waals surface area contributed by atoms with Crippen LogP contribution in [0.1, 0.15) is 6.92 Å². The van der Waals surface area contributed by atoms with Gasteiger partial charge in [0.05, 0.1) is 7.11 Å². The molecule has 13 heavy (non-hydrogen) atoms. The molecule has 0 aromatic heterocycles. The quantitative estimate of drug-likeness (QED) is 0.623. The zero-order valence-electron chi connectivity index (χ0n) is 7.92. The summed E-state index contributed by atoms with van der Waals surface area (Å²) >= 11 is 0. The van der Waals surface area contributed by atoms with Gasteiger partial charge in [-0.3, -0.25) is 10.3 Å². The lowest BCUT2D eigenvalue weighted by Crippen LogP contribution is -2.40. The number of allylic oxidation sites excluding steroid dienone is 2. The Labute approximate surface area is 77.0 Å². The van der Waals surface area contributed by atoms with Crippen LogP contribution in [0.3, 0.4) is 0 Å². The Morgan fingerprint density at radius 2 is 2.31 bits per heavy atom. The summed E-state index contributed by atoms with van der Waals surface area (Å²) in [6.45, 7) is 1.93. The Balaban J connectivity index is 2.72. The lowest BCUT2D eigenvalue weighted by molar-refractivity contribution is 0.140. The standard InChI is InChI=1S/C8H13N3O2/c1-6-4-7(10-9-5-6)11(2)8(12)13-3/h4-5,9-10H,1-3H3. The molecule has 0 bridgehead atoms. The first-order chi connectivity index (χ1) is 6.15. The molecule has 1 aliphatic heterocycles. The van der Waals surface area contributed by atoms with Crippen LogP contribution in [-0.2, 0) is 4.74 Å². The van der Waals surface area contributed by atoms with E-state index in [-0.39, 0.29) is 0 Å². The van der Waals surface area contributed by atoms with Crippen molar-refractivity contribution in [3.8, 4) is 0 Å². The van der Waals surface area contributed by atoms with Gasteiger partial charge in [0.2, 0.25) is 0 Å². The van der Waals surface area contributed by atoms with E-state index in [0.717, 1.165) is 5.57 Å². The Hall–Kier alpha value is -1.65. The molecule has 5 heteroatoms. The van der Waals surface area contributed by atoms with E-state index in [1.54, 1.807) is 13.2 Å². The van der Waals surface area contributed by atoms with Crippen LogP contribution < -0.4 is 10.9 Å². The Bertz CT molecular complexity index is 271. The van der Waals surface area contributed by atoms with E-state index in [9.17, 15) is 4.79 Å². The molecule has 0 aromatic carbocycles. The number of carbonyl (C=O) groups is 1. The van der Waals surface area contributed by atoms with Crippen LogP contribution in [0, 0.1) is 0 Å². The molecular formula is C8H13N3O2. The summed E-state index contributed by atoms with van der Waals surface area (Å²) in [5.74, 6) is 0.659. The van der Waals surface area contributed by atoms with E-state index < -0.39 is 6.09 Å². The van der Waals surface area contributed by atoms with E-state index in [4.69, 9.17) is 0 Å². The van der Waals surface area contributed by atoms with Crippen molar-refractivity contribution in [2.45, 2.75) is 6.92 Å². The van der Waals surface area contributed by atoms with Gasteiger partial charge < -0.3 is 10.2 Å². The molecule has 0 saturated carbocycles. The zero-order valence-corrected chi connectivity index (χ0v) is 7.92. The van der Waals surface area contributed by atoms with Crippen LogP contribution in [0.25, 0.3) is 0 Å². The van der Waals surface area contributed by atoms with Crippen molar-refractivity contribution >= 4 is 6.09 Å². The Morgan fingerprint density at radius 3 is 2.85 bits per heavy atom. The molecule has 0 unspecified atom stereocenters. The van der Waals surface area contributed by atoms with Crippen molar-refractivity contribution in [1.82, 2.24) is 15.8 Å². The molecule has 1 amide bonds. The first-order valence-electron chi connectivity index (χ1n) is 3.87. The summed E-state index contributed by atoms with van der Waals surface area (Å²) < 4.78 is 4.56. The maximum absolute atomic E-state index is 11.1. The average molecular weight is 183 g/mol. The van der Waals surface area contributed by atoms with Crippen LogP contribution in [0.2, 0.25) is 0 Å². The summed E-state index contributed by atoms with van der Waals surface area (Å²) in [5, 5.41) is 0. The number of hydrazine groups is 1. The second kappa shape index (κ2) is 3.84. The maximum Gasteiger partial charge on any atom is 0.414 e. The van der Waals surface area contributed by atoms with Crippen molar-refractivity contribution in [2.75, 3.05) is 14.2 Å². The minimum atomic E-state index is -0.407. The first-order valence-corrected chi connectivity index (χ1v) is 3.87. The van der Waals surface area contributed by atoms with Gasteiger partial charge in [-0.2, -0.15) is 0 Å². The number of rotatable bonds is 1. The number of nitrogens with zero attached hydrogens (tertiary/aromatic N) is 1. The van der Waals surface area contributed by atoms with E-state index in [0.29, 0.717) is 5.82 Å². The number of hydrogen-bond donors (Lipinski definition) is 2. The molecule has 0 saturated heterocycles. The molecule has 0 aliphatic carbocycles. The van der Waals surface area contributed by atoms with Gasteiger partial charge in [0, 0.05) is 13.2 Å². The fourth-order valence-corrected chi connectivity index (χ4v) is 0.933. The molecule has 1 rings (SSSR count). The SMILES string of the molecule is COC(=O)N(C)C1=CC(C)=CNN1. The van der Waals surface area contributed by atoms with Gasteiger partial charge in [-0.15, -0.1) is 0 Å². The summed E-state index contributed by atoms with van der Waals surface area (Å²) in [7, 11) is 2.98. The third kappa shape index (κ3) is 2.14. The van der Waals surface area contributed by atoms with E-state index in [2.05, 4.69) is 15.6 Å². The Morgan fingerprint density at radius 1 is 1.62 bits per heavy atom. The van der Waals surface area contributed by atoms with E-state index >= 15 is 0 Å². The summed E-state index contributed by atoms with van der Waals surface area (Å²) in [6, 6.07) is 0. The van der Waals surface area contributed by atoms with Crippen LogP contribution in [-0.4, -0.2) is 25.2 Å². The van der Waals surface area contributed by atoms with Crippen molar-refractivity contribution in [2.24, 2.45) is 0 Å². The number of nitrogens with one attached hydrogen (secondary N) is 2. The average Bonchev–Trinajstić information content (AvgIpc) is 2.15. The lowest BCUT2D eigenvalue weighted by Gasteiger charge is -2.23. The molecule has 1 heterocycles. The molecule has 0 aromatic rings. The van der Waals surface area contributed by atoms with Crippen molar-refractivity contribution in [1.29, 1.82) is 0 Å². The van der Waals surface area contributed by atoms with Gasteiger partial charge in [0.25, 0.3) is 0 Å². The van der Waals surface area contributed by atoms with Gasteiger partial charge in [-0.1, -0.05) is 0 Å². The second-order valence-corrected chi connectivity index (χ2v) is 2.72. The molecule has 5 nitrogen and oxygen atoms in total. The molecule has 0 spiro atoms. The molecule has 1 aliphatic rings. The third-order valence-corrected chi connectivity index (χ3v) is 1.67. The zero-order chi connectivity index (χ0) is 9.84. The van der Waals surface area contributed by atoms with Gasteiger partial charge in [-0.05, 0) is 18.6 Å². The van der Waals surface area contributed by atoms with Crippen molar-refractivity contribution in [3.63, 3.8) is 0 Å². The summed E-state index contributed by atoms with van der Waals surface area (Å²) in [6.07, 6.45) is 3.23. The number of amides is 1. The van der Waals surface area contributed by atoms with Crippen LogP contribution in [0.15, 0.2) is 23.7 Å². The Kier molecular flexibility index (Phi) is 2.79. The second-order valence-electron chi connectivity index (χ2n) is 2.72. The first kappa shape index (κ1) is 9.44. The number of hydrogen-bond acceptors (Lipinski definition) is 4. The van der Waals surface area contributed by atoms with Crippen LogP contribution in [0.4, 0.5) is 4.79 Å². The summed E-state index contributed by atoms with van der Waals surface area (Å²) in [5.41, 5.74) is 6.67. The van der Waals surface area contributed by atoms with E-state index in [1.807, 2.05) is 13.0 Å². The fraction of sp³-hybridized carbons (Fsp3) is 0.375. The third-order valence-electron chi connectivity index (χ3n) is 1.67. The maximum atomic E-state index is 11.1. The monoisotopic (exact) mass is 183 g/mol. The highest BCUT2D eigenvalue weighted by Crippen LogP contribution is 2.06. The molecule has 0 fully saturated rings. The summed E-state index contributed by atoms with van der Waals surface area (Å²) in [4.78, 5) is 12.5. The highest BCUT2D eigenvalue weighted by atomic mass is 16.5. The predicted molar refractivity (Wildman–Crippen MR) is 48.3 cm³/mol. The normalized spacial score (nSPS) is 14.7. The fourth-order valence-electron chi connectivity index (χ4n) is 0.933. The van der Waals surface area contributed by atoms with Crippen molar-refractivity contribution in [3.05, 3.63) is 23.7 Å². The lowest BCUT2D eigenvalue weighted by atomic mass is 10.3. The largest absolute Gasteiger partial charge is 0.452 e. The van der Waals surface area contributed by atoms with Gasteiger partial charge in [0.1, 0.15) is 5.82 Å². The minimum Gasteiger partial charge on any atom is -0.452 e. The smallest absolute Gasteiger partial charge is 0.414 e. The molecule has 72 valence electrons.